The predicted molar refractivity (Wildman–Crippen MR) is 98.4 cm³/mol. The summed E-state index contributed by atoms with van der Waals surface area (Å²) in [7, 11) is 4.78. The van der Waals surface area contributed by atoms with Crippen molar-refractivity contribution in [1.82, 2.24) is 4.98 Å². The summed E-state index contributed by atoms with van der Waals surface area (Å²) >= 11 is 0. The Balaban J connectivity index is 1.67. The molecule has 3 aromatic rings. The molecule has 0 saturated carbocycles. The van der Waals surface area contributed by atoms with Crippen LogP contribution in [0.4, 0.5) is 0 Å². The lowest BCUT2D eigenvalue weighted by molar-refractivity contribution is 0.0503. The van der Waals surface area contributed by atoms with Gasteiger partial charge in [-0.3, -0.25) is 0 Å². The van der Waals surface area contributed by atoms with Gasteiger partial charge in [0, 0.05) is 17.9 Å². The summed E-state index contributed by atoms with van der Waals surface area (Å²) in [4.78, 5) is 15.4. The standard InChI is InChI=1S/C20H21NO5/c1-23-15-6-4-13(5-7-15)8-9-26-20(22)17-11-14-10-16(24-2)12-18(25-3)19(14)21-17/h4-7,10-12,21H,8-9H2,1-3H3. The van der Waals surface area contributed by atoms with E-state index in [4.69, 9.17) is 18.9 Å². The fraction of sp³-hybridized carbons (Fsp3) is 0.250. The van der Waals surface area contributed by atoms with Crippen LogP contribution in [0.1, 0.15) is 16.1 Å². The molecule has 0 aliphatic heterocycles. The first-order valence-corrected chi connectivity index (χ1v) is 8.19. The van der Waals surface area contributed by atoms with Gasteiger partial charge in [-0.05, 0) is 29.8 Å². The molecule has 1 N–H and O–H groups in total. The number of fused-ring (bicyclic) bond motifs is 1. The molecule has 0 atom stereocenters. The van der Waals surface area contributed by atoms with E-state index in [1.807, 2.05) is 30.3 Å². The second-order valence-electron chi connectivity index (χ2n) is 5.71. The minimum Gasteiger partial charge on any atom is -0.497 e. The first-order valence-electron chi connectivity index (χ1n) is 8.19. The zero-order valence-corrected chi connectivity index (χ0v) is 15.0. The number of esters is 1. The van der Waals surface area contributed by atoms with E-state index in [-0.39, 0.29) is 0 Å². The Bertz CT molecular complexity index is 898. The van der Waals surface area contributed by atoms with Gasteiger partial charge in [-0.1, -0.05) is 12.1 Å². The van der Waals surface area contributed by atoms with Crippen molar-refractivity contribution in [3.05, 3.63) is 53.7 Å². The molecule has 26 heavy (non-hydrogen) atoms. The zero-order chi connectivity index (χ0) is 18.5. The highest BCUT2D eigenvalue weighted by molar-refractivity contribution is 5.97. The van der Waals surface area contributed by atoms with Gasteiger partial charge in [0.25, 0.3) is 0 Å². The fourth-order valence-corrected chi connectivity index (χ4v) is 2.70. The molecule has 0 aliphatic carbocycles. The van der Waals surface area contributed by atoms with Gasteiger partial charge in [-0.15, -0.1) is 0 Å². The van der Waals surface area contributed by atoms with E-state index in [0.29, 0.717) is 30.2 Å². The van der Waals surface area contributed by atoms with Crippen LogP contribution in [-0.2, 0) is 11.2 Å². The van der Waals surface area contributed by atoms with E-state index < -0.39 is 5.97 Å². The van der Waals surface area contributed by atoms with Crippen LogP contribution in [-0.4, -0.2) is 38.9 Å². The number of ether oxygens (including phenoxy) is 4. The quantitative estimate of drug-likeness (QED) is 0.656. The summed E-state index contributed by atoms with van der Waals surface area (Å²) in [5.74, 6) is 1.66. The lowest BCUT2D eigenvalue weighted by Gasteiger charge is -2.05. The van der Waals surface area contributed by atoms with E-state index in [2.05, 4.69) is 4.98 Å². The average Bonchev–Trinajstić information content (AvgIpc) is 3.11. The molecule has 6 heteroatoms. The summed E-state index contributed by atoms with van der Waals surface area (Å²) in [6, 6.07) is 13.0. The Labute approximate surface area is 151 Å². The van der Waals surface area contributed by atoms with Gasteiger partial charge < -0.3 is 23.9 Å². The molecule has 0 spiro atoms. The minimum absolute atomic E-state index is 0.293. The van der Waals surface area contributed by atoms with Gasteiger partial charge >= 0.3 is 5.97 Å². The largest absolute Gasteiger partial charge is 0.497 e. The third kappa shape index (κ3) is 3.74. The van der Waals surface area contributed by atoms with Gasteiger partial charge in [0.15, 0.2) is 0 Å². The Morgan fingerprint density at radius 1 is 0.923 bits per heavy atom. The van der Waals surface area contributed by atoms with Crippen LogP contribution in [0, 0.1) is 0 Å². The molecule has 3 rings (SSSR count). The van der Waals surface area contributed by atoms with Gasteiger partial charge in [-0.2, -0.15) is 0 Å². The molecule has 0 aliphatic rings. The normalized spacial score (nSPS) is 10.6. The van der Waals surface area contributed by atoms with Crippen molar-refractivity contribution in [1.29, 1.82) is 0 Å². The highest BCUT2D eigenvalue weighted by Crippen LogP contribution is 2.31. The van der Waals surface area contributed by atoms with Crippen molar-refractivity contribution in [3.8, 4) is 17.2 Å². The molecular weight excluding hydrogens is 334 g/mol. The Morgan fingerprint density at radius 3 is 2.31 bits per heavy atom. The molecule has 0 saturated heterocycles. The van der Waals surface area contributed by atoms with Crippen molar-refractivity contribution in [2.75, 3.05) is 27.9 Å². The summed E-state index contributed by atoms with van der Waals surface area (Å²) in [5.41, 5.74) is 2.18. The maximum absolute atomic E-state index is 12.3. The highest BCUT2D eigenvalue weighted by Gasteiger charge is 2.14. The van der Waals surface area contributed by atoms with Crippen molar-refractivity contribution in [2.45, 2.75) is 6.42 Å². The van der Waals surface area contributed by atoms with E-state index in [1.165, 1.54) is 0 Å². The molecule has 0 radical (unpaired) electrons. The molecule has 0 amide bonds. The van der Waals surface area contributed by atoms with Crippen LogP contribution < -0.4 is 14.2 Å². The summed E-state index contributed by atoms with van der Waals surface area (Å²) in [5, 5.41) is 0.823. The number of H-pyrrole nitrogens is 1. The van der Waals surface area contributed by atoms with Gasteiger partial charge in [0.2, 0.25) is 0 Å². The van der Waals surface area contributed by atoms with Crippen LogP contribution >= 0.6 is 0 Å². The number of methoxy groups -OCH3 is 3. The minimum atomic E-state index is -0.407. The van der Waals surface area contributed by atoms with E-state index in [9.17, 15) is 4.79 Å². The highest BCUT2D eigenvalue weighted by atomic mass is 16.5. The lowest BCUT2D eigenvalue weighted by atomic mass is 10.1. The maximum atomic E-state index is 12.3. The Hall–Kier alpha value is -3.15. The zero-order valence-electron chi connectivity index (χ0n) is 15.0. The molecule has 1 aromatic heterocycles. The second-order valence-corrected chi connectivity index (χ2v) is 5.71. The number of aromatic nitrogens is 1. The molecule has 0 fully saturated rings. The maximum Gasteiger partial charge on any atom is 0.354 e. The van der Waals surface area contributed by atoms with Crippen LogP contribution in [0.2, 0.25) is 0 Å². The number of carbonyl (C=O) groups is 1. The number of benzene rings is 2. The molecule has 136 valence electrons. The Kier molecular flexibility index (Phi) is 5.31. The molecule has 2 aromatic carbocycles. The molecule has 1 heterocycles. The smallest absolute Gasteiger partial charge is 0.354 e. The third-order valence-corrected chi connectivity index (χ3v) is 4.12. The number of rotatable bonds is 7. The molecule has 6 nitrogen and oxygen atoms in total. The number of aromatic amines is 1. The number of nitrogens with one attached hydrogen (secondary N) is 1. The number of hydrogen-bond acceptors (Lipinski definition) is 5. The fourth-order valence-electron chi connectivity index (χ4n) is 2.70. The molecule has 0 bridgehead atoms. The van der Waals surface area contributed by atoms with E-state index >= 15 is 0 Å². The van der Waals surface area contributed by atoms with Crippen molar-refractivity contribution >= 4 is 16.9 Å². The van der Waals surface area contributed by atoms with Crippen LogP contribution in [0.3, 0.4) is 0 Å². The molecule has 0 unspecified atom stereocenters. The Morgan fingerprint density at radius 2 is 1.65 bits per heavy atom. The number of carbonyl (C=O) groups excluding carboxylic acids is 1. The first-order chi connectivity index (χ1) is 12.6. The van der Waals surface area contributed by atoms with Crippen molar-refractivity contribution in [2.24, 2.45) is 0 Å². The average molecular weight is 355 g/mol. The summed E-state index contributed by atoms with van der Waals surface area (Å²) in [6.45, 7) is 0.293. The second kappa shape index (κ2) is 7.82. The van der Waals surface area contributed by atoms with Crippen LogP contribution in [0.25, 0.3) is 10.9 Å². The SMILES string of the molecule is COc1ccc(CCOC(=O)c2cc3cc(OC)cc(OC)c3[nH]2)cc1. The van der Waals surface area contributed by atoms with Crippen LogP contribution in [0.5, 0.6) is 17.2 Å². The van der Waals surface area contributed by atoms with Gasteiger partial charge in [0.1, 0.15) is 22.9 Å². The van der Waals surface area contributed by atoms with Crippen LogP contribution in [0.15, 0.2) is 42.5 Å². The topological polar surface area (TPSA) is 69.8 Å². The predicted octanol–water partition coefficient (Wildman–Crippen LogP) is 3.59. The van der Waals surface area contributed by atoms with E-state index in [1.54, 1.807) is 33.5 Å². The monoisotopic (exact) mass is 355 g/mol. The molecular formula is C20H21NO5. The first kappa shape index (κ1) is 17.7. The number of hydrogen-bond donors (Lipinski definition) is 1. The van der Waals surface area contributed by atoms with Gasteiger partial charge in [0.05, 0.1) is 33.5 Å². The van der Waals surface area contributed by atoms with Crippen molar-refractivity contribution < 1.29 is 23.7 Å². The summed E-state index contributed by atoms with van der Waals surface area (Å²) in [6.07, 6.45) is 0.632. The van der Waals surface area contributed by atoms with Gasteiger partial charge in [-0.25, -0.2) is 4.79 Å². The lowest BCUT2D eigenvalue weighted by Crippen LogP contribution is -2.08. The van der Waals surface area contributed by atoms with E-state index in [0.717, 1.165) is 22.2 Å². The summed E-state index contributed by atoms with van der Waals surface area (Å²) < 4.78 is 21.1. The van der Waals surface area contributed by atoms with Crippen molar-refractivity contribution in [3.63, 3.8) is 0 Å². The third-order valence-electron chi connectivity index (χ3n) is 4.12.